The van der Waals surface area contributed by atoms with E-state index in [-0.39, 0.29) is 6.04 Å². The lowest BCUT2D eigenvalue weighted by molar-refractivity contribution is 0.288. The van der Waals surface area contributed by atoms with Crippen LogP contribution in [0.3, 0.4) is 0 Å². The van der Waals surface area contributed by atoms with Crippen molar-refractivity contribution in [3.8, 4) is 5.75 Å². The minimum absolute atomic E-state index is 0.245. The summed E-state index contributed by atoms with van der Waals surface area (Å²) in [6.45, 7) is 0.847. The number of nitrogens with one attached hydrogen (secondary N) is 1. The first-order valence-corrected chi connectivity index (χ1v) is 8.12. The van der Waals surface area contributed by atoms with Crippen LogP contribution in [0, 0.1) is 0 Å². The summed E-state index contributed by atoms with van der Waals surface area (Å²) in [6, 6.07) is 8.98. The zero-order valence-corrected chi connectivity index (χ0v) is 13.2. The predicted molar refractivity (Wildman–Crippen MR) is 83.2 cm³/mol. The molecule has 3 rings (SSSR count). The number of thiophene rings is 1. The van der Waals surface area contributed by atoms with E-state index in [4.69, 9.17) is 4.74 Å². The highest BCUT2D eigenvalue weighted by atomic mass is 79.9. The third-order valence-corrected chi connectivity index (χ3v) is 5.00. The van der Waals surface area contributed by atoms with Gasteiger partial charge in [0.05, 0.1) is 16.4 Å². The summed E-state index contributed by atoms with van der Waals surface area (Å²) < 4.78 is 6.85. The van der Waals surface area contributed by atoms with Gasteiger partial charge in [0, 0.05) is 0 Å². The number of aryl methyl sites for hydroxylation is 1. The van der Waals surface area contributed by atoms with Gasteiger partial charge >= 0.3 is 0 Å². The molecule has 1 aliphatic heterocycles. The lowest BCUT2D eigenvalue weighted by atomic mass is 9.96. The van der Waals surface area contributed by atoms with Crippen molar-refractivity contribution in [2.45, 2.75) is 18.9 Å². The molecule has 0 saturated heterocycles. The van der Waals surface area contributed by atoms with Gasteiger partial charge in [-0.15, -0.1) is 11.3 Å². The number of hydrogen-bond donors (Lipinski definition) is 1. The average molecular weight is 338 g/mol. The van der Waals surface area contributed by atoms with Crippen LogP contribution in [0.25, 0.3) is 0 Å². The SMILES string of the molecule is CNC(c1csc(Br)c1)c1ccc2c(c1)CCCO2. The van der Waals surface area contributed by atoms with Crippen LogP contribution in [0.4, 0.5) is 0 Å². The van der Waals surface area contributed by atoms with Gasteiger partial charge in [0.25, 0.3) is 0 Å². The number of halogens is 1. The van der Waals surface area contributed by atoms with Gasteiger partial charge in [-0.3, -0.25) is 0 Å². The van der Waals surface area contributed by atoms with E-state index in [9.17, 15) is 0 Å². The highest BCUT2D eigenvalue weighted by Crippen LogP contribution is 2.32. The largest absolute Gasteiger partial charge is 0.493 e. The molecule has 0 spiro atoms. The van der Waals surface area contributed by atoms with Gasteiger partial charge in [-0.1, -0.05) is 12.1 Å². The van der Waals surface area contributed by atoms with E-state index in [0.717, 1.165) is 25.2 Å². The Morgan fingerprint density at radius 3 is 2.95 bits per heavy atom. The maximum Gasteiger partial charge on any atom is 0.122 e. The first kappa shape index (κ1) is 13.2. The molecule has 2 nitrogen and oxygen atoms in total. The van der Waals surface area contributed by atoms with Crippen molar-refractivity contribution in [1.82, 2.24) is 5.32 Å². The summed E-state index contributed by atoms with van der Waals surface area (Å²) in [7, 11) is 2.01. The van der Waals surface area contributed by atoms with Crippen molar-refractivity contribution in [1.29, 1.82) is 0 Å². The molecule has 1 aromatic carbocycles. The second-order valence-corrected chi connectivity index (χ2v) is 7.02. The highest BCUT2D eigenvalue weighted by molar-refractivity contribution is 9.11. The van der Waals surface area contributed by atoms with Crippen LogP contribution in [0.1, 0.15) is 29.2 Å². The Hall–Kier alpha value is -0.840. The number of hydrogen-bond acceptors (Lipinski definition) is 3. The summed E-state index contributed by atoms with van der Waals surface area (Å²) in [5.41, 5.74) is 3.94. The molecule has 0 radical (unpaired) electrons. The molecular formula is C15H16BrNOS. The Balaban J connectivity index is 1.95. The van der Waals surface area contributed by atoms with Crippen molar-refractivity contribution in [2.24, 2.45) is 0 Å². The van der Waals surface area contributed by atoms with Crippen LogP contribution in [-0.4, -0.2) is 13.7 Å². The van der Waals surface area contributed by atoms with Crippen LogP contribution >= 0.6 is 27.3 Å². The fourth-order valence-electron chi connectivity index (χ4n) is 2.56. The van der Waals surface area contributed by atoms with Crippen LogP contribution < -0.4 is 10.1 Å². The van der Waals surface area contributed by atoms with E-state index in [1.165, 1.54) is 20.5 Å². The van der Waals surface area contributed by atoms with Gasteiger partial charge in [-0.05, 0) is 70.0 Å². The third kappa shape index (κ3) is 2.71. The topological polar surface area (TPSA) is 21.3 Å². The Kier molecular flexibility index (Phi) is 3.91. The van der Waals surface area contributed by atoms with E-state index in [1.54, 1.807) is 11.3 Å². The van der Waals surface area contributed by atoms with E-state index in [2.05, 4.69) is 50.9 Å². The molecule has 1 N–H and O–H groups in total. The zero-order chi connectivity index (χ0) is 13.2. The Morgan fingerprint density at radius 2 is 2.21 bits per heavy atom. The second kappa shape index (κ2) is 5.65. The molecule has 1 aromatic heterocycles. The van der Waals surface area contributed by atoms with Gasteiger partial charge in [-0.25, -0.2) is 0 Å². The van der Waals surface area contributed by atoms with Gasteiger partial charge in [0.1, 0.15) is 5.75 Å². The van der Waals surface area contributed by atoms with E-state index < -0.39 is 0 Å². The van der Waals surface area contributed by atoms with Gasteiger partial charge < -0.3 is 10.1 Å². The molecule has 1 unspecified atom stereocenters. The minimum Gasteiger partial charge on any atom is -0.493 e. The molecule has 0 aliphatic carbocycles. The Bertz CT molecular complexity index is 581. The lowest BCUT2D eigenvalue weighted by Gasteiger charge is -2.21. The van der Waals surface area contributed by atoms with Crippen molar-refractivity contribution < 1.29 is 4.74 Å². The van der Waals surface area contributed by atoms with Crippen molar-refractivity contribution in [2.75, 3.05) is 13.7 Å². The number of benzene rings is 1. The summed E-state index contributed by atoms with van der Waals surface area (Å²) >= 11 is 5.26. The molecular weight excluding hydrogens is 322 g/mol. The normalized spacial score (nSPS) is 15.7. The molecule has 2 heterocycles. The maximum absolute atomic E-state index is 5.68. The van der Waals surface area contributed by atoms with Gasteiger partial charge in [0.2, 0.25) is 0 Å². The second-order valence-electron chi connectivity index (χ2n) is 4.73. The smallest absolute Gasteiger partial charge is 0.122 e. The molecule has 0 bridgehead atoms. The number of ether oxygens (including phenoxy) is 1. The quantitative estimate of drug-likeness (QED) is 0.908. The summed E-state index contributed by atoms with van der Waals surface area (Å²) in [4.78, 5) is 0. The molecule has 4 heteroatoms. The van der Waals surface area contributed by atoms with E-state index >= 15 is 0 Å². The zero-order valence-electron chi connectivity index (χ0n) is 10.8. The monoisotopic (exact) mass is 337 g/mol. The standard InChI is InChI=1S/C15H16BrNOS/c1-17-15(12-8-14(16)19-9-12)11-4-5-13-10(7-11)3-2-6-18-13/h4-5,7-9,15,17H,2-3,6H2,1H3. The maximum atomic E-state index is 5.68. The molecule has 1 atom stereocenters. The fraction of sp³-hybridized carbons (Fsp3) is 0.333. The highest BCUT2D eigenvalue weighted by Gasteiger charge is 2.17. The van der Waals surface area contributed by atoms with E-state index in [0.29, 0.717) is 0 Å². The lowest BCUT2D eigenvalue weighted by Crippen LogP contribution is -2.18. The molecule has 0 fully saturated rings. The summed E-state index contributed by atoms with van der Waals surface area (Å²) in [5, 5.41) is 5.60. The number of fused-ring (bicyclic) bond motifs is 1. The van der Waals surface area contributed by atoms with Crippen molar-refractivity contribution in [3.05, 3.63) is 50.1 Å². The summed E-state index contributed by atoms with van der Waals surface area (Å²) in [5.74, 6) is 1.05. The van der Waals surface area contributed by atoms with Crippen LogP contribution in [-0.2, 0) is 6.42 Å². The molecule has 0 amide bonds. The van der Waals surface area contributed by atoms with Gasteiger partial charge in [0.15, 0.2) is 0 Å². The Morgan fingerprint density at radius 1 is 1.32 bits per heavy atom. The molecule has 1 aliphatic rings. The molecule has 19 heavy (non-hydrogen) atoms. The fourth-order valence-corrected chi connectivity index (χ4v) is 3.76. The first-order valence-electron chi connectivity index (χ1n) is 6.45. The Labute approximate surface area is 125 Å². The average Bonchev–Trinajstić information content (AvgIpc) is 2.86. The molecule has 2 aromatic rings. The van der Waals surface area contributed by atoms with Gasteiger partial charge in [-0.2, -0.15) is 0 Å². The number of rotatable bonds is 3. The predicted octanol–water partition coefficient (Wildman–Crippen LogP) is 4.14. The van der Waals surface area contributed by atoms with Crippen LogP contribution in [0.15, 0.2) is 33.4 Å². The van der Waals surface area contributed by atoms with Crippen molar-refractivity contribution >= 4 is 27.3 Å². The minimum atomic E-state index is 0.245. The molecule has 100 valence electrons. The van der Waals surface area contributed by atoms with Crippen molar-refractivity contribution in [3.63, 3.8) is 0 Å². The molecule has 0 saturated carbocycles. The third-order valence-electron chi connectivity index (χ3n) is 3.48. The van der Waals surface area contributed by atoms with Crippen LogP contribution in [0.2, 0.25) is 0 Å². The van der Waals surface area contributed by atoms with E-state index in [1.807, 2.05) is 7.05 Å². The van der Waals surface area contributed by atoms with Crippen LogP contribution in [0.5, 0.6) is 5.75 Å². The summed E-state index contributed by atoms with van der Waals surface area (Å²) in [6.07, 6.45) is 2.23. The first-order chi connectivity index (χ1) is 9.28.